The van der Waals surface area contributed by atoms with E-state index in [2.05, 4.69) is 5.32 Å². The average molecular weight is 294 g/mol. The van der Waals surface area contributed by atoms with Crippen molar-refractivity contribution < 1.29 is 19.1 Å². The quantitative estimate of drug-likeness (QED) is 0.822. The molecule has 6 heteroatoms. The van der Waals surface area contributed by atoms with Crippen molar-refractivity contribution in [3.05, 3.63) is 35.6 Å². The van der Waals surface area contributed by atoms with Crippen molar-refractivity contribution in [2.45, 2.75) is 25.3 Å². The molecule has 0 radical (unpaired) electrons. The summed E-state index contributed by atoms with van der Waals surface area (Å²) in [5.41, 5.74) is 0.915. The van der Waals surface area contributed by atoms with Crippen LogP contribution in [-0.4, -0.2) is 47.6 Å². The maximum atomic E-state index is 13.2. The Balaban J connectivity index is 1.88. The van der Waals surface area contributed by atoms with E-state index in [-0.39, 0.29) is 30.9 Å². The minimum Gasteiger partial charge on any atom is -0.480 e. The molecule has 1 aliphatic heterocycles. The van der Waals surface area contributed by atoms with E-state index in [1.54, 1.807) is 6.07 Å². The molecular formula is C15H19FN2O3. The van der Waals surface area contributed by atoms with Crippen LogP contribution in [0.5, 0.6) is 0 Å². The molecule has 1 aromatic carbocycles. The van der Waals surface area contributed by atoms with Gasteiger partial charge in [0.05, 0.1) is 6.54 Å². The molecule has 5 nitrogen and oxygen atoms in total. The van der Waals surface area contributed by atoms with E-state index in [9.17, 15) is 14.0 Å². The summed E-state index contributed by atoms with van der Waals surface area (Å²) >= 11 is 0. The van der Waals surface area contributed by atoms with Gasteiger partial charge >= 0.3 is 5.97 Å². The van der Waals surface area contributed by atoms with Crippen molar-refractivity contribution in [3.63, 3.8) is 0 Å². The molecule has 0 spiro atoms. The standard InChI is InChI=1S/C15H19FN2O3/c16-12-4-1-3-11(7-12)8-13-5-2-6-18(13)10-14(19)17-9-15(20)21/h1,3-4,7,13H,2,5-6,8-10H2,(H,17,19)(H,20,21)/t13-/m1/s1. The van der Waals surface area contributed by atoms with E-state index in [1.807, 2.05) is 11.0 Å². The molecule has 0 aliphatic carbocycles. The summed E-state index contributed by atoms with van der Waals surface area (Å²) in [6.45, 7) is 0.634. The SMILES string of the molecule is O=C(O)CNC(=O)CN1CCC[C@@H]1Cc1cccc(F)c1. The number of carbonyl (C=O) groups excluding carboxylic acids is 1. The van der Waals surface area contributed by atoms with Crippen molar-refractivity contribution >= 4 is 11.9 Å². The highest BCUT2D eigenvalue weighted by Crippen LogP contribution is 2.21. The lowest BCUT2D eigenvalue weighted by Gasteiger charge is -2.23. The largest absolute Gasteiger partial charge is 0.480 e. The Morgan fingerprint density at radius 3 is 2.95 bits per heavy atom. The molecule has 0 bridgehead atoms. The molecule has 1 aromatic rings. The molecular weight excluding hydrogens is 275 g/mol. The van der Waals surface area contributed by atoms with Gasteiger partial charge in [-0.15, -0.1) is 0 Å². The van der Waals surface area contributed by atoms with E-state index in [4.69, 9.17) is 5.11 Å². The Bertz CT molecular complexity index is 521. The second kappa shape index (κ2) is 7.17. The Kier molecular flexibility index (Phi) is 5.27. The number of aliphatic carboxylic acids is 1. The van der Waals surface area contributed by atoms with Crippen LogP contribution in [0.25, 0.3) is 0 Å². The third kappa shape index (κ3) is 4.82. The summed E-state index contributed by atoms with van der Waals surface area (Å²) in [6, 6.07) is 6.69. The number of hydrogen-bond acceptors (Lipinski definition) is 3. The third-order valence-electron chi connectivity index (χ3n) is 3.64. The van der Waals surface area contributed by atoms with Gasteiger partial charge in [-0.3, -0.25) is 14.5 Å². The highest BCUT2D eigenvalue weighted by atomic mass is 19.1. The van der Waals surface area contributed by atoms with Crippen LogP contribution in [0.15, 0.2) is 24.3 Å². The van der Waals surface area contributed by atoms with Crippen molar-refractivity contribution in [1.82, 2.24) is 10.2 Å². The number of nitrogens with zero attached hydrogens (tertiary/aromatic N) is 1. The van der Waals surface area contributed by atoms with E-state index in [1.165, 1.54) is 12.1 Å². The lowest BCUT2D eigenvalue weighted by molar-refractivity contribution is -0.138. The molecule has 1 atom stereocenters. The fourth-order valence-corrected chi connectivity index (χ4v) is 2.69. The highest BCUT2D eigenvalue weighted by Gasteiger charge is 2.26. The minimum absolute atomic E-state index is 0.188. The third-order valence-corrected chi connectivity index (χ3v) is 3.64. The second-order valence-electron chi connectivity index (χ2n) is 5.27. The van der Waals surface area contributed by atoms with Gasteiger partial charge in [-0.1, -0.05) is 12.1 Å². The van der Waals surface area contributed by atoms with Crippen LogP contribution in [0.3, 0.4) is 0 Å². The van der Waals surface area contributed by atoms with Crippen molar-refractivity contribution in [2.75, 3.05) is 19.6 Å². The zero-order chi connectivity index (χ0) is 15.2. The predicted molar refractivity (Wildman–Crippen MR) is 75.3 cm³/mol. The van der Waals surface area contributed by atoms with E-state index < -0.39 is 5.97 Å². The maximum Gasteiger partial charge on any atom is 0.322 e. The van der Waals surface area contributed by atoms with Crippen LogP contribution in [0.1, 0.15) is 18.4 Å². The van der Waals surface area contributed by atoms with Crippen molar-refractivity contribution in [1.29, 1.82) is 0 Å². The van der Waals surface area contributed by atoms with Crippen LogP contribution in [-0.2, 0) is 16.0 Å². The Labute approximate surface area is 122 Å². The zero-order valence-corrected chi connectivity index (χ0v) is 11.7. The molecule has 2 N–H and O–H groups in total. The molecule has 21 heavy (non-hydrogen) atoms. The van der Waals surface area contributed by atoms with Gasteiger partial charge in [0.2, 0.25) is 5.91 Å². The number of benzene rings is 1. The summed E-state index contributed by atoms with van der Waals surface area (Å²) in [7, 11) is 0. The number of halogens is 1. The first-order chi connectivity index (χ1) is 10.0. The topological polar surface area (TPSA) is 69.6 Å². The van der Waals surface area contributed by atoms with Gasteiger partial charge in [-0.2, -0.15) is 0 Å². The van der Waals surface area contributed by atoms with Gasteiger partial charge in [0.15, 0.2) is 0 Å². The fourth-order valence-electron chi connectivity index (χ4n) is 2.69. The summed E-state index contributed by atoms with van der Waals surface area (Å²) in [4.78, 5) is 24.1. The van der Waals surface area contributed by atoms with E-state index in [0.717, 1.165) is 24.9 Å². The lowest BCUT2D eigenvalue weighted by Crippen LogP contribution is -2.42. The minimum atomic E-state index is -1.05. The Morgan fingerprint density at radius 2 is 2.24 bits per heavy atom. The monoisotopic (exact) mass is 294 g/mol. The summed E-state index contributed by atoms with van der Waals surface area (Å²) in [5.74, 6) is -1.60. The highest BCUT2D eigenvalue weighted by molar-refractivity contribution is 5.82. The molecule has 1 amide bonds. The first kappa shape index (κ1) is 15.4. The molecule has 0 saturated carbocycles. The van der Waals surface area contributed by atoms with Gasteiger partial charge in [0, 0.05) is 6.04 Å². The van der Waals surface area contributed by atoms with Crippen LogP contribution in [0.2, 0.25) is 0 Å². The van der Waals surface area contributed by atoms with Crippen LogP contribution in [0, 0.1) is 5.82 Å². The zero-order valence-electron chi connectivity index (χ0n) is 11.7. The molecule has 2 rings (SSSR count). The normalized spacial score (nSPS) is 18.6. The number of carbonyl (C=O) groups is 2. The van der Waals surface area contributed by atoms with Crippen LogP contribution >= 0.6 is 0 Å². The van der Waals surface area contributed by atoms with Gasteiger partial charge in [0.1, 0.15) is 12.4 Å². The number of nitrogens with one attached hydrogen (secondary N) is 1. The van der Waals surface area contributed by atoms with Gasteiger partial charge in [0.25, 0.3) is 0 Å². The average Bonchev–Trinajstić information content (AvgIpc) is 2.84. The van der Waals surface area contributed by atoms with E-state index in [0.29, 0.717) is 6.42 Å². The molecule has 0 unspecified atom stereocenters. The fraction of sp³-hybridized carbons (Fsp3) is 0.467. The number of likely N-dealkylation sites (tertiary alicyclic amines) is 1. The van der Waals surface area contributed by atoms with Crippen molar-refractivity contribution in [2.24, 2.45) is 0 Å². The maximum absolute atomic E-state index is 13.2. The molecule has 1 aliphatic rings. The molecule has 1 fully saturated rings. The van der Waals surface area contributed by atoms with Gasteiger partial charge < -0.3 is 10.4 Å². The summed E-state index contributed by atoms with van der Waals surface area (Å²) in [5, 5.41) is 10.9. The number of carboxylic acid groups (broad SMARTS) is 1. The number of carboxylic acids is 1. The first-order valence-corrected chi connectivity index (χ1v) is 7.01. The number of rotatable bonds is 6. The molecule has 1 saturated heterocycles. The second-order valence-corrected chi connectivity index (χ2v) is 5.27. The number of hydrogen-bond donors (Lipinski definition) is 2. The molecule has 1 heterocycles. The van der Waals surface area contributed by atoms with Gasteiger partial charge in [-0.25, -0.2) is 4.39 Å². The molecule has 0 aromatic heterocycles. The van der Waals surface area contributed by atoms with Gasteiger partial charge in [-0.05, 0) is 43.5 Å². The predicted octanol–water partition coefficient (Wildman–Crippen LogP) is 1.03. The van der Waals surface area contributed by atoms with Crippen LogP contribution < -0.4 is 5.32 Å². The van der Waals surface area contributed by atoms with E-state index >= 15 is 0 Å². The van der Waals surface area contributed by atoms with Crippen LogP contribution in [0.4, 0.5) is 4.39 Å². The lowest BCUT2D eigenvalue weighted by atomic mass is 10.0. The summed E-state index contributed by atoms with van der Waals surface area (Å²) in [6.07, 6.45) is 2.65. The smallest absolute Gasteiger partial charge is 0.322 e. The molecule has 114 valence electrons. The first-order valence-electron chi connectivity index (χ1n) is 7.01. The number of amides is 1. The summed E-state index contributed by atoms with van der Waals surface area (Å²) < 4.78 is 13.2. The van der Waals surface area contributed by atoms with Crippen molar-refractivity contribution in [3.8, 4) is 0 Å². The Hall–Kier alpha value is -1.95. The Morgan fingerprint density at radius 1 is 1.43 bits per heavy atom.